The molecule has 0 N–H and O–H groups in total. The van der Waals surface area contributed by atoms with Crippen LogP contribution < -0.4 is 0 Å². The first-order valence-corrected chi connectivity index (χ1v) is 7.63. The second-order valence-electron chi connectivity index (χ2n) is 5.40. The van der Waals surface area contributed by atoms with E-state index in [0.717, 1.165) is 5.56 Å². The van der Waals surface area contributed by atoms with Crippen LogP contribution in [0.3, 0.4) is 0 Å². The summed E-state index contributed by atoms with van der Waals surface area (Å²) in [6.45, 7) is 0.819. The average Bonchev–Trinajstić information content (AvgIpc) is 2.60. The summed E-state index contributed by atoms with van der Waals surface area (Å²) in [6, 6.07) is 9.92. The molecule has 130 valence electrons. The molecule has 1 aromatic carbocycles. The summed E-state index contributed by atoms with van der Waals surface area (Å²) in [5, 5.41) is 0. The van der Waals surface area contributed by atoms with Gasteiger partial charge in [-0.05, 0) is 5.56 Å². The highest BCUT2D eigenvalue weighted by molar-refractivity contribution is 5.13. The van der Waals surface area contributed by atoms with Gasteiger partial charge >= 0.3 is 0 Å². The van der Waals surface area contributed by atoms with Gasteiger partial charge in [-0.25, -0.2) is 0 Å². The normalized spacial score (nSPS) is 31.2. The topological polar surface area (TPSA) is 55.4 Å². The zero-order valence-corrected chi connectivity index (χ0v) is 14.1. The molecule has 2 rings (SSSR count). The summed E-state index contributed by atoms with van der Waals surface area (Å²) in [7, 11) is 6.50. The quantitative estimate of drug-likeness (QED) is 0.724. The van der Waals surface area contributed by atoms with Crippen LogP contribution in [0, 0.1) is 0 Å². The summed E-state index contributed by atoms with van der Waals surface area (Å²) in [4.78, 5) is 0. The van der Waals surface area contributed by atoms with Crippen molar-refractivity contribution in [1.29, 1.82) is 0 Å². The van der Waals surface area contributed by atoms with Gasteiger partial charge in [0.1, 0.15) is 24.4 Å². The Morgan fingerprint density at radius 2 is 1.52 bits per heavy atom. The molecule has 0 unspecified atom stereocenters. The number of ether oxygens (including phenoxy) is 6. The maximum Gasteiger partial charge on any atom is 0.187 e. The van der Waals surface area contributed by atoms with E-state index in [1.807, 2.05) is 30.3 Å². The Balaban J connectivity index is 2.09. The van der Waals surface area contributed by atoms with E-state index >= 15 is 0 Å². The van der Waals surface area contributed by atoms with Gasteiger partial charge in [0.25, 0.3) is 0 Å². The third-order valence-electron chi connectivity index (χ3n) is 4.00. The number of hydrogen-bond acceptors (Lipinski definition) is 6. The van der Waals surface area contributed by atoms with Crippen molar-refractivity contribution in [1.82, 2.24) is 0 Å². The van der Waals surface area contributed by atoms with Gasteiger partial charge in [0.2, 0.25) is 0 Å². The molecule has 0 saturated carbocycles. The van der Waals surface area contributed by atoms with Gasteiger partial charge in [-0.15, -0.1) is 0 Å². The highest BCUT2D eigenvalue weighted by Crippen LogP contribution is 2.28. The predicted octanol–water partition coefficient (Wildman–Crippen LogP) is 1.62. The summed E-state index contributed by atoms with van der Waals surface area (Å²) in [5.74, 6) is 0. The minimum atomic E-state index is -0.559. The maximum atomic E-state index is 6.01. The maximum absolute atomic E-state index is 6.01. The van der Waals surface area contributed by atoms with Gasteiger partial charge in [-0.3, -0.25) is 0 Å². The molecule has 5 atom stereocenters. The van der Waals surface area contributed by atoms with Crippen LogP contribution in [-0.2, 0) is 35.0 Å². The van der Waals surface area contributed by atoms with E-state index in [0.29, 0.717) is 13.2 Å². The van der Waals surface area contributed by atoms with Crippen molar-refractivity contribution >= 4 is 0 Å². The fourth-order valence-corrected chi connectivity index (χ4v) is 2.87. The molecule has 1 saturated heterocycles. The molecule has 1 aromatic rings. The van der Waals surface area contributed by atoms with Crippen LogP contribution in [-0.4, -0.2) is 65.8 Å². The van der Waals surface area contributed by atoms with Crippen molar-refractivity contribution in [3.63, 3.8) is 0 Å². The van der Waals surface area contributed by atoms with E-state index in [-0.39, 0.29) is 24.4 Å². The van der Waals surface area contributed by atoms with Gasteiger partial charge < -0.3 is 28.4 Å². The molecular formula is C17H26O6. The Morgan fingerprint density at radius 1 is 0.870 bits per heavy atom. The molecule has 1 fully saturated rings. The van der Waals surface area contributed by atoms with Gasteiger partial charge in [0.15, 0.2) is 6.29 Å². The lowest BCUT2D eigenvalue weighted by Gasteiger charge is -2.44. The molecule has 0 radical (unpaired) electrons. The third kappa shape index (κ3) is 4.50. The molecule has 0 aliphatic carbocycles. The highest BCUT2D eigenvalue weighted by atomic mass is 16.7. The molecular weight excluding hydrogens is 300 g/mol. The molecule has 0 spiro atoms. The molecule has 0 aromatic heterocycles. The van der Waals surface area contributed by atoms with E-state index in [1.54, 1.807) is 28.4 Å². The summed E-state index contributed by atoms with van der Waals surface area (Å²) >= 11 is 0. The minimum absolute atomic E-state index is 0.290. The van der Waals surface area contributed by atoms with Gasteiger partial charge in [0, 0.05) is 28.4 Å². The van der Waals surface area contributed by atoms with E-state index in [9.17, 15) is 0 Å². The molecule has 1 heterocycles. The van der Waals surface area contributed by atoms with Crippen LogP contribution >= 0.6 is 0 Å². The van der Waals surface area contributed by atoms with Gasteiger partial charge in [-0.2, -0.15) is 0 Å². The van der Waals surface area contributed by atoms with Gasteiger partial charge in [0.05, 0.1) is 13.2 Å². The zero-order valence-electron chi connectivity index (χ0n) is 14.1. The second kappa shape index (κ2) is 9.32. The summed E-state index contributed by atoms with van der Waals surface area (Å²) < 4.78 is 33.9. The number of benzene rings is 1. The van der Waals surface area contributed by atoms with Crippen molar-refractivity contribution in [3.8, 4) is 0 Å². The Morgan fingerprint density at radius 3 is 2.09 bits per heavy atom. The first-order valence-electron chi connectivity index (χ1n) is 7.63. The molecule has 0 amide bonds. The highest BCUT2D eigenvalue weighted by Gasteiger charge is 2.47. The molecule has 1 aliphatic heterocycles. The fourth-order valence-electron chi connectivity index (χ4n) is 2.87. The molecule has 6 nitrogen and oxygen atoms in total. The van der Waals surface area contributed by atoms with Crippen molar-refractivity contribution in [3.05, 3.63) is 35.9 Å². The lowest BCUT2D eigenvalue weighted by Crippen LogP contribution is -2.61. The van der Waals surface area contributed by atoms with Crippen LogP contribution in [0.5, 0.6) is 0 Å². The standard InChI is InChI=1S/C17H26O6/c1-18-11-13-14(19-2)15(20-3)16(21-4)17(23-13)22-10-12-8-6-5-7-9-12/h5-9,13-17H,10-11H2,1-4H3/t13-,14-,15+,16+,17-/m1/s1. The number of rotatable bonds is 8. The predicted molar refractivity (Wildman–Crippen MR) is 84.2 cm³/mol. The summed E-state index contributed by atoms with van der Waals surface area (Å²) in [6.07, 6.45) is -1.83. The minimum Gasteiger partial charge on any atom is -0.382 e. The van der Waals surface area contributed by atoms with Crippen LogP contribution in [0.25, 0.3) is 0 Å². The second-order valence-corrected chi connectivity index (χ2v) is 5.40. The van der Waals surface area contributed by atoms with E-state index in [1.165, 1.54) is 0 Å². The van der Waals surface area contributed by atoms with Gasteiger partial charge in [-0.1, -0.05) is 30.3 Å². The van der Waals surface area contributed by atoms with E-state index < -0.39 is 6.29 Å². The number of methoxy groups -OCH3 is 4. The Kier molecular flexibility index (Phi) is 7.42. The Bertz CT molecular complexity index is 440. The average molecular weight is 326 g/mol. The Hall–Kier alpha value is -1.02. The lowest BCUT2D eigenvalue weighted by atomic mass is 9.98. The van der Waals surface area contributed by atoms with E-state index in [4.69, 9.17) is 28.4 Å². The largest absolute Gasteiger partial charge is 0.382 e. The number of hydrogen-bond donors (Lipinski definition) is 0. The first-order chi connectivity index (χ1) is 11.2. The van der Waals surface area contributed by atoms with Crippen LogP contribution in [0.4, 0.5) is 0 Å². The smallest absolute Gasteiger partial charge is 0.187 e. The molecule has 23 heavy (non-hydrogen) atoms. The fraction of sp³-hybridized carbons (Fsp3) is 0.647. The Labute approximate surface area is 137 Å². The SMILES string of the molecule is COC[C@H]1O[C@@H](OCc2ccccc2)[C@@H](OC)[C@@H](OC)[C@@H]1OC. The van der Waals surface area contributed by atoms with Crippen LogP contribution in [0.1, 0.15) is 5.56 Å². The molecule has 0 bridgehead atoms. The van der Waals surface area contributed by atoms with Crippen molar-refractivity contribution < 1.29 is 28.4 Å². The van der Waals surface area contributed by atoms with Crippen LogP contribution in [0.2, 0.25) is 0 Å². The van der Waals surface area contributed by atoms with E-state index in [2.05, 4.69) is 0 Å². The molecule has 1 aliphatic rings. The lowest BCUT2D eigenvalue weighted by molar-refractivity contribution is -0.316. The monoisotopic (exact) mass is 326 g/mol. The van der Waals surface area contributed by atoms with Crippen LogP contribution in [0.15, 0.2) is 30.3 Å². The third-order valence-corrected chi connectivity index (χ3v) is 4.00. The molecule has 6 heteroatoms. The summed E-state index contributed by atoms with van der Waals surface area (Å²) in [5.41, 5.74) is 1.07. The van der Waals surface area contributed by atoms with Crippen molar-refractivity contribution in [2.45, 2.75) is 37.3 Å². The zero-order chi connectivity index (χ0) is 16.7. The first kappa shape index (κ1) is 18.3. The van der Waals surface area contributed by atoms with Crippen molar-refractivity contribution in [2.24, 2.45) is 0 Å². The van der Waals surface area contributed by atoms with Crippen molar-refractivity contribution in [2.75, 3.05) is 35.0 Å².